The monoisotopic (exact) mass is 319 g/mol. The number of nitrogens with one attached hydrogen (secondary N) is 2. The van der Waals surface area contributed by atoms with Crippen LogP contribution in [0.2, 0.25) is 15.1 Å². The summed E-state index contributed by atoms with van der Waals surface area (Å²) in [6.07, 6.45) is 0. The van der Waals surface area contributed by atoms with Crippen molar-refractivity contribution in [3.63, 3.8) is 0 Å². The molecule has 1 aromatic heterocycles. The molecule has 0 radical (unpaired) electrons. The van der Waals surface area contributed by atoms with Gasteiger partial charge in [0.2, 0.25) is 0 Å². The minimum absolute atomic E-state index is 0.186. The van der Waals surface area contributed by atoms with Crippen molar-refractivity contribution < 1.29 is 4.39 Å². The van der Waals surface area contributed by atoms with E-state index in [4.69, 9.17) is 34.8 Å². The van der Waals surface area contributed by atoms with Crippen LogP contribution in [0.25, 0.3) is 0 Å². The zero-order chi connectivity index (χ0) is 14.0. The Hall–Kier alpha value is -1.23. The summed E-state index contributed by atoms with van der Waals surface area (Å²) >= 11 is 17.7. The Labute approximate surface area is 124 Å². The summed E-state index contributed by atoms with van der Waals surface area (Å²) in [5.74, 6) is 0.274. The quantitative estimate of drug-likeness (QED) is 0.838. The van der Waals surface area contributed by atoms with E-state index < -0.39 is 5.82 Å². The van der Waals surface area contributed by atoms with Crippen molar-refractivity contribution in [2.75, 3.05) is 17.7 Å². The molecule has 0 saturated carbocycles. The number of nitrogens with zero attached hydrogens (tertiary/aromatic N) is 1. The van der Waals surface area contributed by atoms with Crippen LogP contribution in [0.5, 0.6) is 0 Å². The average molecular weight is 321 g/mol. The van der Waals surface area contributed by atoms with Crippen LogP contribution in [0.3, 0.4) is 0 Å². The maximum absolute atomic E-state index is 13.6. The summed E-state index contributed by atoms with van der Waals surface area (Å²) < 4.78 is 13.6. The maximum atomic E-state index is 13.6. The van der Waals surface area contributed by atoms with Gasteiger partial charge in [0, 0.05) is 12.1 Å². The number of rotatable bonds is 3. The highest BCUT2D eigenvalue weighted by molar-refractivity contribution is 6.37. The van der Waals surface area contributed by atoms with Crippen LogP contribution in [0.4, 0.5) is 21.7 Å². The van der Waals surface area contributed by atoms with Gasteiger partial charge < -0.3 is 10.6 Å². The summed E-state index contributed by atoms with van der Waals surface area (Å²) in [6.45, 7) is 0. The molecule has 0 fully saturated rings. The lowest BCUT2D eigenvalue weighted by molar-refractivity contribution is 0.632. The predicted octanol–water partition coefficient (Wildman–Crippen LogP) is 4.97. The third-order valence-electron chi connectivity index (χ3n) is 2.35. The van der Waals surface area contributed by atoms with Crippen molar-refractivity contribution in [1.82, 2.24) is 4.98 Å². The van der Waals surface area contributed by atoms with Gasteiger partial charge in [0.1, 0.15) is 11.6 Å². The first-order chi connectivity index (χ1) is 9.01. The predicted molar refractivity (Wildman–Crippen MR) is 78.5 cm³/mol. The van der Waals surface area contributed by atoms with E-state index in [2.05, 4.69) is 15.6 Å². The fraction of sp³-hybridized carbons (Fsp3) is 0.0833. The summed E-state index contributed by atoms with van der Waals surface area (Å²) in [5, 5.41) is 6.66. The van der Waals surface area contributed by atoms with Gasteiger partial charge in [0.05, 0.1) is 15.7 Å². The molecule has 7 heteroatoms. The molecule has 1 aromatic carbocycles. The van der Waals surface area contributed by atoms with E-state index in [0.29, 0.717) is 15.9 Å². The van der Waals surface area contributed by atoms with Gasteiger partial charge >= 0.3 is 0 Å². The molecule has 0 unspecified atom stereocenters. The number of aromatic nitrogens is 1. The zero-order valence-electron chi connectivity index (χ0n) is 9.77. The molecule has 0 aliphatic rings. The summed E-state index contributed by atoms with van der Waals surface area (Å²) in [7, 11) is 1.67. The number of hydrogen-bond donors (Lipinski definition) is 2. The lowest BCUT2D eigenvalue weighted by Crippen LogP contribution is -2.01. The third kappa shape index (κ3) is 3.21. The van der Waals surface area contributed by atoms with E-state index in [1.807, 2.05) is 0 Å². The molecule has 0 saturated heterocycles. The molecule has 3 nitrogen and oxygen atoms in total. The Balaban J connectivity index is 2.40. The Morgan fingerprint density at radius 2 is 1.74 bits per heavy atom. The van der Waals surface area contributed by atoms with Gasteiger partial charge in [-0.1, -0.05) is 34.8 Å². The van der Waals surface area contributed by atoms with Crippen molar-refractivity contribution in [3.05, 3.63) is 45.2 Å². The number of anilines is 3. The molecule has 2 aromatic rings. The second kappa shape index (κ2) is 5.82. The van der Waals surface area contributed by atoms with E-state index in [-0.39, 0.29) is 16.5 Å². The zero-order valence-corrected chi connectivity index (χ0v) is 12.0. The molecular weight excluding hydrogens is 312 g/mol. The van der Waals surface area contributed by atoms with Crippen LogP contribution in [0.15, 0.2) is 24.3 Å². The average Bonchev–Trinajstić information content (AvgIpc) is 2.37. The van der Waals surface area contributed by atoms with Crippen LogP contribution in [-0.2, 0) is 0 Å². The molecule has 0 atom stereocenters. The lowest BCUT2D eigenvalue weighted by atomic mass is 10.3. The van der Waals surface area contributed by atoms with Gasteiger partial charge in [-0.05, 0) is 24.3 Å². The number of hydrogen-bond acceptors (Lipinski definition) is 3. The van der Waals surface area contributed by atoms with E-state index in [0.717, 1.165) is 0 Å². The Bertz CT molecular complexity index is 619. The van der Waals surface area contributed by atoms with Gasteiger partial charge in [-0.25, -0.2) is 9.37 Å². The van der Waals surface area contributed by atoms with Crippen molar-refractivity contribution in [3.8, 4) is 0 Å². The van der Waals surface area contributed by atoms with Crippen molar-refractivity contribution in [2.45, 2.75) is 0 Å². The molecule has 0 aliphatic carbocycles. The molecule has 0 amide bonds. The SMILES string of the molecule is CNc1nc(Nc2cc(Cl)ccc2F)c(Cl)cc1Cl. The molecule has 1 heterocycles. The van der Waals surface area contributed by atoms with Crippen LogP contribution < -0.4 is 10.6 Å². The van der Waals surface area contributed by atoms with E-state index in [1.165, 1.54) is 24.3 Å². The molecule has 2 N–H and O–H groups in total. The van der Waals surface area contributed by atoms with Crippen LogP contribution >= 0.6 is 34.8 Å². The number of halogens is 4. The van der Waals surface area contributed by atoms with Crippen molar-refractivity contribution >= 4 is 52.1 Å². The number of benzene rings is 1. The fourth-order valence-corrected chi connectivity index (χ4v) is 2.12. The molecule has 19 heavy (non-hydrogen) atoms. The largest absolute Gasteiger partial charge is 0.372 e. The van der Waals surface area contributed by atoms with Crippen LogP contribution in [-0.4, -0.2) is 12.0 Å². The molecule has 0 bridgehead atoms. The summed E-state index contributed by atoms with van der Waals surface area (Å²) in [6, 6.07) is 5.68. The highest BCUT2D eigenvalue weighted by atomic mass is 35.5. The normalized spacial score (nSPS) is 10.4. The van der Waals surface area contributed by atoms with Crippen LogP contribution in [0.1, 0.15) is 0 Å². The van der Waals surface area contributed by atoms with Crippen LogP contribution in [0, 0.1) is 5.82 Å². The fourth-order valence-electron chi connectivity index (χ4n) is 1.45. The smallest absolute Gasteiger partial charge is 0.151 e. The molecule has 0 spiro atoms. The highest BCUT2D eigenvalue weighted by Gasteiger charge is 2.11. The Morgan fingerprint density at radius 1 is 1.05 bits per heavy atom. The number of pyridine rings is 1. The second-order valence-corrected chi connectivity index (χ2v) is 4.90. The van der Waals surface area contributed by atoms with E-state index >= 15 is 0 Å². The molecule has 0 aliphatic heterocycles. The van der Waals surface area contributed by atoms with Gasteiger partial charge in [0.15, 0.2) is 5.82 Å². The topological polar surface area (TPSA) is 37.0 Å². The first-order valence-electron chi connectivity index (χ1n) is 5.27. The summed E-state index contributed by atoms with van der Waals surface area (Å²) in [4.78, 5) is 4.16. The first-order valence-corrected chi connectivity index (χ1v) is 6.40. The minimum atomic E-state index is -0.455. The second-order valence-electron chi connectivity index (χ2n) is 3.65. The lowest BCUT2D eigenvalue weighted by Gasteiger charge is -2.11. The summed E-state index contributed by atoms with van der Waals surface area (Å²) in [5.41, 5.74) is 0.186. The third-order valence-corrected chi connectivity index (χ3v) is 3.16. The van der Waals surface area contributed by atoms with E-state index in [1.54, 1.807) is 7.05 Å². The molecule has 2 rings (SSSR count). The van der Waals surface area contributed by atoms with Gasteiger partial charge in [-0.2, -0.15) is 0 Å². The van der Waals surface area contributed by atoms with E-state index in [9.17, 15) is 4.39 Å². The molecular formula is C12H9Cl3FN3. The minimum Gasteiger partial charge on any atom is -0.372 e. The van der Waals surface area contributed by atoms with Crippen molar-refractivity contribution in [1.29, 1.82) is 0 Å². The van der Waals surface area contributed by atoms with Gasteiger partial charge in [0.25, 0.3) is 0 Å². The van der Waals surface area contributed by atoms with Gasteiger partial charge in [-0.15, -0.1) is 0 Å². The maximum Gasteiger partial charge on any atom is 0.151 e. The first kappa shape index (κ1) is 14.2. The Morgan fingerprint density at radius 3 is 2.42 bits per heavy atom. The highest BCUT2D eigenvalue weighted by Crippen LogP contribution is 2.32. The van der Waals surface area contributed by atoms with Gasteiger partial charge in [-0.3, -0.25) is 0 Å². The Kier molecular flexibility index (Phi) is 4.34. The standard InChI is InChI=1S/C12H9Cl3FN3/c1-17-11-7(14)5-8(15)12(19-11)18-10-4-6(13)2-3-9(10)16/h2-5H,1H3,(H2,17,18,19). The van der Waals surface area contributed by atoms with Crippen molar-refractivity contribution in [2.24, 2.45) is 0 Å². The molecule has 100 valence electrons.